The second-order valence-electron chi connectivity index (χ2n) is 7.52. The number of hydrogen-bond donors (Lipinski definition) is 1. The Labute approximate surface area is 172 Å². The molecule has 1 aliphatic rings. The minimum Gasteiger partial charge on any atom is -0.370 e. The number of nitrogens with one attached hydrogen (secondary N) is 1. The van der Waals surface area contributed by atoms with E-state index in [2.05, 4.69) is 10.2 Å². The highest BCUT2D eigenvalue weighted by Gasteiger charge is 2.21. The first-order valence-electron chi connectivity index (χ1n) is 9.72. The molecular formula is C21H24N4O3S. The van der Waals surface area contributed by atoms with Crippen LogP contribution < -0.4 is 21.3 Å². The molecule has 0 bridgehead atoms. The minimum atomic E-state index is -0.586. The van der Waals surface area contributed by atoms with E-state index in [0.717, 1.165) is 37.2 Å². The van der Waals surface area contributed by atoms with Crippen LogP contribution in [0.25, 0.3) is 11.0 Å². The van der Waals surface area contributed by atoms with Crippen molar-refractivity contribution in [1.82, 2.24) is 9.13 Å². The van der Waals surface area contributed by atoms with Gasteiger partial charge in [-0.2, -0.15) is 0 Å². The van der Waals surface area contributed by atoms with Gasteiger partial charge >= 0.3 is 11.1 Å². The van der Waals surface area contributed by atoms with Gasteiger partial charge in [0.2, 0.25) is 0 Å². The predicted molar refractivity (Wildman–Crippen MR) is 118 cm³/mol. The first-order chi connectivity index (χ1) is 13.9. The molecular weight excluding hydrogens is 388 g/mol. The van der Waals surface area contributed by atoms with Crippen LogP contribution in [0.3, 0.4) is 0 Å². The number of fused-ring (bicyclic) bond motifs is 1. The van der Waals surface area contributed by atoms with Crippen molar-refractivity contribution >= 4 is 39.7 Å². The average molecular weight is 413 g/mol. The molecule has 0 atom stereocenters. The van der Waals surface area contributed by atoms with Crippen LogP contribution in [0.5, 0.6) is 0 Å². The van der Waals surface area contributed by atoms with Gasteiger partial charge in [-0.05, 0) is 55.3 Å². The van der Waals surface area contributed by atoms with Gasteiger partial charge in [0, 0.05) is 27.2 Å². The SMILES string of the molecule is Cc1ccsc1C(=O)Nc1cc2c(cc1N1CCCCC1)n(C)c(=O)c(=O)n2C. The van der Waals surface area contributed by atoms with Gasteiger partial charge in [-0.25, -0.2) is 0 Å². The van der Waals surface area contributed by atoms with Crippen LogP contribution in [0.2, 0.25) is 0 Å². The van der Waals surface area contributed by atoms with E-state index in [9.17, 15) is 14.4 Å². The number of piperidine rings is 1. The summed E-state index contributed by atoms with van der Waals surface area (Å²) in [7, 11) is 3.20. The van der Waals surface area contributed by atoms with E-state index in [1.165, 1.54) is 26.9 Å². The number of rotatable bonds is 3. The van der Waals surface area contributed by atoms with Gasteiger partial charge < -0.3 is 19.4 Å². The third-order valence-electron chi connectivity index (χ3n) is 5.62. The number of aryl methyl sites for hydroxylation is 3. The van der Waals surface area contributed by atoms with E-state index in [1.54, 1.807) is 20.2 Å². The summed E-state index contributed by atoms with van der Waals surface area (Å²) in [6, 6.07) is 5.64. The van der Waals surface area contributed by atoms with Crippen LogP contribution >= 0.6 is 11.3 Å². The van der Waals surface area contributed by atoms with Gasteiger partial charge in [-0.1, -0.05) is 0 Å². The standard InChI is InChI=1S/C21H24N4O3S/c1-13-7-10-29-18(13)19(26)22-14-11-16-17(24(3)21(28)20(27)23(16)2)12-15(14)25-8-5-4-6-9-25/h7,10-12H,4-6,8-9H2,1-3H3,(H,22,26). The van der Waals surface area contributed by atoms with Crippen molar-refractivity contribution < 1.29 is 4.79 Å². The second-order valence-corrected chi connectivity index (χ2v) is 8.44. The Bertz CT molecular complexity index is 1220. The number of carbonyl (C=O) groups is 1. The Morgan fingerprint density at radius 3 is 2.21 bits per heavy atom. The number of carbonyl (C=O) groups excluding carboxylic acids is 1. The number of hydrogen-bond acceptors (Lipinski definition) is 5. The number of aromatic nitrogens is 2. The summed E-state index contributed by atoms with van der Waals surface area (Å²) in [5.41, 5.74) is 2.61. The maximum atomic E-state index is 12.9. The van der Waals surface area contributed by atoms with Crippen molar-refractivity contribution in [2.75, 3.05) is 23.3 Å². The minimum absolute atomic E-state index is 0.162. The molecule has 152 valence electrons. The number of amides is 1. The van der Waals surface area contributed by atoms with Gasteiger partial charge in [0.05, 0.1) is 27.3 Å². The topological polar surface area (TPSA) is 76.3 Å². The second kappa shape index (κ2) is 7.51. The van der Waals surface area contributed by atoms with Crippen molar-refractivity contribution in [2.45, 2.75) is 26.2 Å². The van der Waals surface area contributed by atoms with E-state index in [0.29, 0.717) is 21.6 Å². The summed E-state index contributed by atoms with van der Waals surface area (Å²) in [4.78, 5) is 40.4. The molecule has 0 saturated carbocycles. The highest BCUT2D eigenvalue weighted by molar-refractivity contribution is 7.12. The smallest absolute Gasteiger partial charge is 0.316 e. The summed E-state index contributed by atoms with van der Waals surface area (Å²) in [5.74, 6) is -0.162. The van der Waals surface area contributed by atoms with Crippen LogP contribution in [0.4, 0.5) is 11.4 Å². The highest BCUT2D eigenvalue weighted by atomic mass is 32.1. The van der Waals surface area contributed by atoms with Crippen LogP contribution in [0, 0.1) is 6.92 Å². The van der Waals surface area contributed by atoms with Gasteiger partial charge in [-0.3, -0.25) is 14.4 Å². The lowest BCUT2D eigenvalue weighted by Gasteiger charge is -2.31. The Morgan fingerprint density at radius 1 is 1.00 bits per heavy atom. The zero-order valence-corrected chi connectivity index (χ0v) is 17.6. The first kappa shape index (κ1) is 19.4. The van der Waals surface area contributed by atoms with Crippen molar-refractivity contribution in [2.24, 2.45) is 14.1 Å². The average Bonchev–Trinajstić information content (AvgIpc) is 3.17. The first-order valence-corrected chi connectivity index (χ1v) is 10.6. The Hall–Kier alpha value is -2.87. The Balaban J connectivity index is 1.90. The van der Waals surface area contributed by atoms with E-state index in [4.69, 9.17) is 0 Å². The van der Waals surface area contributed by atoms with Crippen LogP contribution in [0.1, 0.15) is 34.5 Å². The van der Waals surface area contributed by atoms with E-state index in [-0.39, 0.29) is 5.91 Å². The summed E-state index contributed by atoms with van der Waals surface area (Å²) < 4.78 is 2.74. The molecule has 1 N–H and O–H groups in total. The quantitative estimate of drug-likeness (QED) is 0.671. The lowest BCUT2D eigenvalue weighted by molar-refractivity contribution is 0.103. The van der Waals surface area contributed by atoms with Crippen LogP contribution in [-0.4, -0.2) is 28.1 Å². The van der Waals surface area contributed by atoms with Crippen LogP contribution in [-0.2, 0) is 14.1 Å². The van der Waals surface area contributed by atoms with E-state index in [1.807, 2.05) is 24.4 Å². The van der Waals surface area contributed by atoms with Crippen molar-refractivity contribution in [3.63, 3.8) is 0 Å². The van der Waals surface area contributed by atoms with Crippen molar-refractivity contribution in [1.29, 1.82) is 0 Å². The highest BCUT2D eigenvalue weighted by Crippen LogP contribution is 2.33. The fraction of sp³-hybridized carbons (Fsp3) is 0.381. The zero-order valence-electron chi connectivity index (χ0n) is 16.8. The predicted octanol–water partition coefficient (Wildman–Crippen LogP) is 2.85. The molecule has 8 heteroatoms. The fourth-order valence-corrected chi connectivity index (χ4v) is 4.71. The van der Waals surface area contributed by atoms with E-state index < -0.39 is 11.1 Å². The molecule has 1 amide bonds. The summed E-state index contributed by atoms with van der Waals surface area (Å²) in [5, 5.41) is 4.95. The van der Waals surface area contributed by atoms with Gasteiger partial charge in [0.15, 0.2) is 0 Å². The largest absolute Gasteiger partial charge is 0.370 e. The Morgan fingerprint density at radius 2 is 1.62 bits per heavy atom. The molecule has 3 aromatic rings. The third-order valence-corrected chi connectivity index (χ3v) is 6.64. The zero-order chi connectivity index (χ0) is 20.7. The maximum absolute atomic E-state index is 12.9. The molecule has 1 fully saturated rings. The molecule has 3 heterocycles. The molecule has 4 rings (SSSR count). The van der Waals surface area contributed by atoms with Crippen LogP contribution in [0.15, 0.2) is 33.2 Å². The summed E-state index contributed by atoms with van der Waals surface area (Å²) in [6.07, 6.45) is 3.36. The lowest BCUT2D eigenvalue weighted by Crippen LogP contribution is -2.39. The molecule has 29 heavy (non-hydrogen) atoms. The van der Waals surface area contributed by atoms with Crippen molar-refractivity contribution in [3.05, 3.63) is 54.7 Å². The lowest BCUT2D eigenvalue weighted by atomic mass is 10.1. The Kier molecular flexibility index (Phi) is 5.04. The normalized spacial score (nSPS) is 14.4. The van der Waals surface area contributed by atoms with Gasteiger partial charge in [0.25, 0.3) is 5.91 Å². The monoisotopic (exact) mass is 412 g/mol. The molecule has 0 radical (unpaired) electrons. The fourth-order valence-electron chi connectivity index (χ4n) is 3.89. The molecule has 2 aromatic heterocycles. The number of nitrogens with zero attached hydrogens (tertiary/aromatic N) is 3. The molecule has 0 aliphatic carbocycles. The molecule has 0 spiro atoms. The molecule has 1 aliphatic heterocycles. The molecule has 7 nitrogen and oxygen atoms in total. The molecule has 0 unspecified atom stereocenters. The number of anilines is 2. The summed E-state index contributed by atoms with van der Waals surface area (Å²) in [6.45, 7) is 3.70. The number of benzene rings is 1. The number of thiophene rings is 1. The molecule has 1 aromatic carbocycles. The van der Waals surface area contributed by atoms with Crippen molar-refractivity contribution in [3.8, 4) is 0 Å². The van der Waals surface area contributed by atoms with Gasteiger partial charge in [-0.15, -0.1) is 11.3 Å². The maximum Gasteiger partial charge on any atom is 0.316 e. The van der Waals surface area contributed by atoms with E-state index >= 15 is 0 Å². The third kappa shape index (κ3) is 3.37. The summed E-state index contributed by atoms with van der Waals surface area (Å²) >= 11 is 1.41. The molecule has 1 saturated heterocycles. The van der Waals surface area contributed by atoms with Gasteiger partial charge in [0.1, 0.15) is 0 Å².